The Hall–Kier alpha value is -1.63. The third kappa shape index (κ3) is 5.71. The number of nitrogens with one attached hydrogen (secondary N) is 1. The number of carbonyl (C=O) groups excluding carboxylic acids is 1. The molecule has 2 heterocycles. The average Bonchev–Trinajstić information content (AvgIpc) is 2.89. The SMILES string of the molecule is CC(C)(N)CNC(=O)c1ccc(-n2ccnc2)nc1.Cl.Cl. The first-order valence-electron chi connectivity index (χ1n) is 5.97. The van der Waals surface area contributed by atoms with Crippen LogP contribution >= 0.6 is 24.8 Å². The maximum atomic E-state index is 11.9. The van der Waals surface area contributed by atoms with Crippen molar-refractivity contribution in [3.63, 3.8) is 0 Å². The second-order valence-corrected chi connectivity index (χ2v) is 5.05. The van der Waals surface area contributed by atoms with Gasteiger partial charge in [-0.3, -0.25) is 9.36 Å². The van der Waals surface area contributed by atoms with E-state index in [9.17, 15) is 4.79 Å². The molecular weight excluding hydrogens is 313 g/mol. The van der Waals surface area contributed by atoms with Crippen molar-refractivity contribution in [2.45, 2.75) is 19.4 Å². The van der Waals surface area contributed by atoms with Crippen molar-refractivity contribution >= 4 is 30.7 Å². The first-order chi connectivity index (χ1) is 8.96. The predicted octanol–water partition coefficient (Wildman–Crippen LogP) is 1.58. The molecule has 2 aromatic rings. The Bertz CT molecular complexity index is 549. The van der Waals surface area contributed by atoms with Gasteiger partial charge < -0.3 is 11.1 Å². The lowest BCUT2D eigenvalue weighted by Gasteiger charge is -2.18. The molecule has 0 saturated heterocycles. The van der Waals surface area contributed by atoms with E-state index >= 15 is 0 Å². The summed E-state index contributed by atoms with van der Waals surface area (Å²) < 4.78 is 1.77. The van der Waals surface area contributed by atoms with Crippen LogP contribution in [0.5, 0.6) is 0 Å². The largest absolute Gasteiger partial charge is 0.350 e. The van der Waals surface area contributed by atoms with Crippen LogP contribution in [0.3, 0.4) is 0 Å². The zero-order chi connectivity index (χ0) is 13.9. The van der Waals surface area contributed by atoms with Crippen molar-refractivity contribution in [3.05, 3.63) is 42.6 Å². The molecule has 0 aliphatic carbocycles. The van der Waals surface area contributed by atoms with Crippen molar-refractivity contribution in [1.29, 1.82) is 0 Å². The first kappa shape index (κ1) is 19.4. The van der Waals surface area contributed by atoms with Gasteiger partial charge in [0.05, 0.1) is 5.56 Å². The van der Waals surface area contributed by atoms with Crippen molar-refractivity contribution in [3.8, 4) is 5.82 Å². The number of rotatable bonds is 4. The first-order valence-corrected chi connectivity index (χ1v) is 5.97. The minimum atomic E-state index is -0.431. The van der Waals surface area contributed by atoms with Crippen LogP contribution in [0.25, 0.3) is 5.82 Å². The molecule has 21 heavy (non-hydrogen) atoms. The van der Waals surface area contributed by atoms with Crippen LogP contribution in [0.4, 0.5) is 0 Å². The molecule has 0 radical (unpaired) electrons. The van der Waals surface area contributed by atoms with Gasteiger partial charge in [0.15, 0.2) is 0 Å². The van der Waals surface area contributed by atoms with E-state index < -0.39 is 5.54 Å². The Balaban J connectivity index is 0.00000200. The topological polar surface area (TPSA) is 85.8 Å². The molecule has 0 aliphatic heterocycles. The summed E-state index contributed by atoms with van der Waals surface area (Å²) in [5, 5.41) is 2.77. The molecule has 0 saturated carbocycles. The van der Waals surface area contributed by atoms with E-state index in [-0.39, 0.29) is 30.7 Å². The molecule has 1 amide bonds. The summed E-state index contributed by atoms with van der Waals surface area (Å²) in [7, 11) is 0. The number of aromatic nitrogens is 3. The van der Waals surface area contributed by atoms with Crippen molar-refractivity contribution < 1.29 is 4.79 Å². The van der Waals surface area contributed by atoms with Crippen LogP contribution in [0, 0.1) is 0 Å². The van der Waals surface area contributed by atoms with E-state index in [4.69, 9.17) is 5.73 Å². The number of hydrogen-bond acceptors (Lipinski definition) is 4. The molecule has 0 unspecified atom stereocenters. The number of pyridine rings is 1. The maximum absolute atomic E-state index is 11.9. The van der Waals surface area contributed by atoms with Crippen LogP contribution in [-0.4, -0.2) is 32.5 Å². The van der Waals surface area contributed by atoms with Crippen molar-refractivity contribution in [1.82, 2.24) is 19.9 Å². The predicted molar refractivity (Wildman–Crippen MR) is 86.5 cm³/mol. The van der Waals surface area contributed by atoms with Crippen LogP contribution in [0.1, 0.15) is 24.2 Å². The summed E-state index contributed by atoms with van der Waals surface area (Å²) in [4.78, 5) is 20.0. The van der Waals surface area contributed by atoms with Gasteiger partial charge in [-0.05, 0) is 26.0 Å². The number of amides is 1. The smallest absolute Gasteiger partial charge is 0.252 e. The van der Waals surface area contributed by atoms with Crippen LogP contribution in [0.15, 0.2) is 37.1 Å². The van der Waals surface area contributed by atoms with E-state index in [0.717, 1.165) is 0 Å². The Kier molecular flexibility index (Phi) is 7.35. The summed E-state index contributed by atoms with van der Waals surface area (Å²) in [6, 6.07) is 3.49. The van der Waals surface area contributed by atoms with E-state index in [1.165, 1.54) is 6.20 Å². The monoisotopic (exact) mass is 331 g/mol. The molecule has 2 rings (SSSR count). The second kappa shape index (κ2) is 7.97. The minimum Gasteiger partial charge on any atom is -0.350 e. The van der Waals surface area contributed by atoms with Crippen LogP contribution in [-0.2, 0) is 0 Å². The fourth-order valence-corrected chi connectivity index (χ4v) is 1.48. The van der Waals surface area contributed by atoms with Crippen LogP contribution < -0.4 is 11.1 Å². The summed E-state index contributed by atoms with van der Waals surface area (Å²) >= 11 is 0. The lowest BCUT2D eigenvalue weighted by molar-refractivity contribution is 0.0945. The van der Waals surface area contributed by atoms with Crippen molar-refractivity contribution in [2.24, 2.45) is 5.73 Å². The molecule has 116 valence electrons. The number of carbonyl (C=O) groups is 1. The fraction of sp³-hybridized carbons (Fsp3) is 0.308. The Morgan fingerprint density at radius 2 is 2.10 bits per heavy atom. The number of halogens is 2. The van der Waals surface area contributed by atoms with Gasteiger partial charge >= 0.3 is 0 Å². The third-order valence-corrected chi connectivity index (χ3v) is 2.48. The lowest BCUT2D eigenvalue weighted by atomic mass is 10.1. The molecule has 0 fully saturated rings. The van der Waals surface area contributed by atoms with Gasteiger partial charge in [0.2, 0.25) is 0 Å². The van der Waals surface area contributed by atoms with Gasteiger partial charge in [-0.2, -0.15) is 0 Å². The quantitative estimate of drug-likeness (QED) is 0.890. The van der Waals surface area contributed by atoms with Gasteiger partial charge in [-0.15, -0.1) is 24.8 Å². The normalized spacial score (nSPS) is 10.2. The molecule has 0 atom stereocenters. The van der Waals surface area contributed by atoms with Crippen LogP contribution in [0.2, 0.25) is 0 Å². The summed E-state index contributed by atoms with van der Waals surface area (Å²) in [6.45, 7) is 4.12. The zero-order valence-electron chi connectivity index (χ0n) is 11.8. The van der Waals surface area contributed by atoms with E-state index in [1.807, 2.05) is 13.8 Å². The Morgan fingerprint density at radius 3 is 2.57 bits per heavy atom. The number of nitrogens with two attached hydrogens (primary N) is 1. The summed E-state index contributed by atoms with van der Waals surface area (Å²) in [5.41, 5.74) is 5.89. The van der Waals surface area contributed by atoms with Gasteiger partial charge in [-0.25, -0.2) is 9.97 Å². The zero-order valence-corrected chi connectivity index (χ0v) is 13.4. The highest BCUT2D eigenvalue weighted by Crippen LogP contribution is 2.05. The molecule has 3 N–H and O–H groups in total. The number of hydrogen-bond donors (Lipinski definition) is 2. The van der Waals surface area contributed by atoms with Crippen molar-refractivity contribution in [2.75, 3.05) is 6.54 Å². The third-order valence-electron chi connectivity index (χ3n) is 2.48. The minimum absolute atomic E-state index is 0. The van der Waals surface area contributed by atoms with E-state index in [1.54, 1.807) is 35.4 Å². The molecule has 0 aromatic carbocycles. The molecule has 6 nitrogen and oxygen atoms in total. The van der Waals surface area contributed by atoms with E-state index in [0.29, 0.717) is 17.9 Å². The van der Waals surface area contributed by atoms with Gasteiger partial charge in [0.25, 0.3) is 5.91 Å². The second-order valence-electron chi connectivity index (χ2n) is 5.05. The highest BCUT2D eigenvalue weighted by Gasteiger charge is 2.13. The average molecular weight is 332 g/mol. The maximum Gasteiger partial charge on any atom is 0.252 e. The van der Waals surface area contributed by atoms with E-state index in [2.05, 4.69) is 15.3 Å². The number of imidazole rings is 1. The Labute approximate surface area is 136 Å². The van der Waals surface area contributed by atoms with Gasteiger partial charge in [-0.1, -0.05) is 0 Å². The molecule has 0 bridgehead atoms. The molecule has 0 aliphatic rings. The molecule has 0 spiro atoms. The summed E-state index contributed by atoms with van der Waals surface area (Å²) in [6.07, 6.45) is 6.65. The lowest BCUT2D eigenvalue weighted by Crippen LogP contribution is -2.45. The standard InChI is InChI=1S/C13H17N5O.2ClH/c1-13(2,14)8-17-12(19)10-3-4-11(16-7-10)18-6-5-15-9-18;;/h3-7,9H,8,14H2,1-2H3,(H,17,19);2*1H. The number of nitrogens with zero attached hydrogens (tertiary/aromatic N) is 3. The molecular formula is C13H19Cl2N5O. The fourth-order valence-electron chi connectivity index (χ4n) is 1.48. The molecule has 8 heteroatoms. The summed E-state index contributed by atoms with van der Waals surface area (Å²) in [5.74, 6) is 0.538. The van der Waals surface area contributed by atoms with Gasteiger partial charge in [0.1, 0.15) is 12.1 Å². The molecule has 2 aromatic heterocycles. The van der Waals surface area contributed by atoms with Gasteiger partial charge in [0, 0.05) is 30.7 Å². The highest BCUT2D eigenvalue weighted by molar-refractivity contribution is 5.94. The highest BCUT2D eigenvalue weighted by atomic mass is 35.5. The Morgan fingerprint density at radius 1 is 1.38 bits per heavy atom.